The molecule has 2 aromatic carbocycles. The van der Waals surface area contributed by atoms with Crippen LogP contribution in [0.1, 0.15) is 34.6 Å². The van der Waals surface area contributed by atoms with E-state index in [1.807, 2.05) is 0 Å². The van der Waals surface area contributed by atoms with Gasteiger partial charge in [0.1, 0.15) is 0 Å². The molecule has 15 nitrogen and oxygen atoms in total. The fourth-order valence-corrected chi connectivity index (χ4v) is 3.58. The van der Waals surface area contributed by atoms with Gasteiger partial charge in [-0.15, -0.1) is 0 Å². The maximum Gasteiger partial charge on any atom is 0.349 e. The third kappa shape index (κ3) is 8.51. The summed E-state index contributed by atoms with van der Waals surface area (Å²) in [6.07, 6.45) is -1.89. The van der Waals surface area contributed by atoms with Gasteiger partial charge in [0.05, 0.1) is 25.3 Å². The number of aromatic nitrogens is 1. The van der Waals surface area contributed by atoms with E-state index in [4.69, 9.17) is 28.4 Å². The molecule has 15 heteroatoms. The molecule has 3 aromatic rings. The summed E-state index contributed by atoms with van der Waals surface area (Å²) >= 11 is 0. The van der Waals surface area contributed by atoms with Gasteiger partial charge in [0.15, 0.2) is 23.0 Å². The van der Waals surface area contributed by atoms with Gasteiger partial charge in [0, 0.05) is 31.9 Å². The van der Waals surface area contributed by atoms with E-state index >= 15 is 0 Å². The minimum Gasteiger partial charge on any atom is -0.493 e. The first-order valence-corrected chi connectivity index (χ1v) is 12.5. The number of hydrogen-bond acceptors (Lipinski definition) is 13. The maximum atomic E-state index is 13.3. The molecule has 1 amide bonds. The van der Waals surface area contributed by atoms with E-state index in [0.717, 1.165) is 32.0 Å². The molecule has 3 rings (SSSR count). The van der Waals surface area contributed by atoms with E-state index in [-0.39, 0.29) is 39.8 Å². The number of benzene rings is 2. The Balaban J connectivity index is 1.95. The lowest BCUT2D eigenvalue weighted by Gasteiger charge is -2.24. The number of amides is 1. The van der Waals surface area contributed by atoms with Crippen LogP contribution in [0.5, 0.6) is 23.0 Å². The quantitative estimate of drug-likeness (QED) is 0.223. The molecule has 1 aromatic heterocycles. The number of esters is 4. The SMILES string of the molecule is COc1cc(C(=O)O[C@H](C(=O)Nc2ccncc2)[C@@H](OC(=O)c2ccc(OC(C)=O)c(OC)c2)C(=O)O)ccc1OC(C)=O. The van der Waals surface area contributed by atoms with Crippen LogP contribution >= 0.6 is 0 Å². The fraction of sp³-hybridized carbons (Fsp3) is 0.207. The second-order valence-corrected chi connectivity index (χ2v) is 8.63. The molecule has 0 unspecified atom stereocenters. The molecule has 0 saturated carbocycles. The van der Waals surface area contributed by atoms with Crippen LogP contribution in [0.3, 0.4) is 0 Å². The van der Waals surface area contributed by atoms with Crippen molar-refractivity contribution in [1.82, 2.24) is 4.98 Å². The predicted octanol–water partition coefficient (Wildman–Crippen LogP) is 2.42. The highest BCUT2D eigenvalue weighted by Gasteiger charge is 2.41. The van der Waals surface area contributed by atoms with E-state index in [2.05, 4.69) is 10.3 Å². The zero-order chi connectivity index (χ0) is 32.4. The van der Waals surface area contributed by atoms with Gasteiger partial charge in [-0.3, -0.25) is 19.4 Å². The van der Waals surface area contributed by atoms with E-state index < -0.39 is 48.0 Å². The summed E-state index contributed by atoms with van der Waals surface area (Å²) in [4.78, 5) is 78.3. The van der Waals surface area contributed by atoms with Crippen LogP contribution in [-0.2, 0) is 28.7 Å². The molecule has 1 heterocycles. The molecule has 0 spiro atoms. The van der Waals surface area contributed by atoms with Crippen molar-refractivity contribution in [2.45, 2.75) is 26.1 Å². The molecule has 44 heavy (non-hydrogen) atoms. The van der Waals surface area contributed by atoms with Gasteiger partial charge in [-0.2, -0.15) is 0 Å². The zero-order valence-electron chi connectivity index (χ0n) is 23.7. The third-order valence-corrected chi connectivity index (χ3v) is 5.50. The second-order valence-electron chi connectivity index (χ2n) is 8.63. The summed E-state index contributed by atoms with van der Waals surface area (Å²) in [5.74, 6) is -6.88. The van der Waals surface area contributed by atoms with Crippen molar-refractivity contribution in [3.63, 3.8) is 0 Å². The molecule has 2 atom stereocenters. The average Bonchev–Trinajstić information content (AvgIpc) is 2.98. The predicted molar refractivity (Wildman–Crippen MR) is 148 cm³/mol. The number of hydrogen-bond donors (Lipinski definition) is 2. The number of nitrogens with zero attached hydrogens (tertiary/aromatic N) is 1. The number of methoxy groups -OCH3 is 2. The van der Waals surface area contributed by atoms with Crippen molar-refractivity contribution >= 4 is 41.4 Å². The normalized spacial score (nSPS) is 11.6. The molecule has 0 bridgehead atoms. The first-order valence-electron chi connectivity index (χ1n) is 12.5. The number of aliphatic carboxylic acids is 1. The standard InChI is InChI=1S/C29H26N2O13/c1-15(32)41-20-7-5-17(13-22(20)39-3)28(37)43-24(26(34)31-19-9-11-30-12-10-19)25(27(35)36)44-29(38)18-6-8-21(42-16(2)33)23(14-18)40-4/h5-14,24-25H,1-4H3,(H,35,36)(H,30,31,34)/t24-,25+/m0/s1. The highest BCUT2D eigenvalue weighted by Crippen LogP contribution is 2.30. The smallest absolute Gasteiger partial charge is 0.349 e. The molecular formula is C29H26N2O13. The largest absolute Gasteiger partial charge is 0.493 e. The number of pyridine rings is 1. The minimum absolute atomic E-state index is 0.0176. The van der Waals surface area contributed by atoms with Crippen molar-refractivity contribution in [1.29, 1.82) is 0 Å². The molecule has 230 valence electrons. The second kappa shape index (κ2) is 14.8. The van der Waals surface area contributed by atoms with Gasteiger partial charge in [0.25, 0.3) is 5.91 Å². The average molecular weight is 611 g/mol. The number of anilines is 1. The molecule has 0 aliphatic carbocycles. The lowest BCUT2D eigenvalue weighted by atomic mass is 10.1. The van der Waals surface area contributed by atoms with E-state index in [1.54, 1.807) is 0 Å². The van der Waals surface area contributed by atoms with Gasteiger partial charge in [0.2, 0.25) is 12.2 Å². The summed E-state index contributed by atoms with van der Waals surface area (Å²) in [6, 6.07) is 9.81. The fourth-order valence-electron chi connectivity index (χ4n) is 3.58. The Hall–Kier alpha value is -5.99. The lowest BCUT2D eigenvalue weighted by Crippen LogP contribution is -2.48. The zero-order valence-corrected chi connectivity index (χ0v) is 23.7. The van der Waals surface area contributed by atoms with Crippen LogP contribution in [-0.4, -0.2) is 72.3 Å². The summed E-state index contributed by atoms with van der Waals surface area (Å²) in [7, 11) is 2.49. The van der Waals surface area contributed by atoms with Crippen molar-refractivity contribution in [3.8, 4) is 23.0 Å². The van der Waals surface area contributed by atoms with Crippen molar-refractivity contribution in [3.05, 3.63) is 72.1 Å². The Labute approximate surface area is 249 Å². The first kappa shape index (κ1) is 32.5. The Bertz CT molecular complexity index is 1570. The van der Waals surface area contributed by atoms with E-state index in [9.17, 15) is 33.9 Å². The van der Waals surface area contributed by atoms with Gasteiger partial charge in [-0.05, 0) is 48.5 Å². The van der Waals surface area contributed by atoms with Gasteiger partial charge < -0.3 is 38.8 Å². The van der Waals surface area contributed by atoms with E-state index in [0.29, 0.717) is 0 Å². The Kier molecular flexibility index (Phi) is 10.9. The molecule has 0 aliphatic rings. The summed E-state index contributed by atoms with van der Waals surface area (Å²) in [6.45, 7) is 2.31. The topological polar surface area (TPSA) is 203 Å². The van der Waals surface area contributed by atoms with Crippen LogP contribution < -0.4 is 24.3 Å². The summed E-state index contributed by atoms with van der Waals surface area (Å²) < 4.78 is 30.7. The Morgan fingerprint density at radius 3 is 1.55 bits per heavy atom. The Morgan fingerprint density at radius 1 is 0.682 bits per heavy atom. The number of carboxylic acids is 1. The van der Waals surface area contributed by atoms with Crippen molar-refractivity contribution < 1.29 is 62.3 Å². The minimum atomic E-state index is -2.35. The molecule has 0 aliphatic heterocycles. The number of carbonyl (C=O) groups excluding carboxylic acids is 5. The first-order chi connectivity index (χ1) is 20.9. The number of rotatable bonds is 12. The molecule has 0 saturated heterocycles. The highest BCUT2D eigenvalue weighted by molar-refractivity contribution is 6.01. The molecule has 0 radical (unpaired) electrons. The van der Waals surface area contributed by atoms with Crippen molar-refractivity contribution in [2.75, 3.05) is 19.5 Å². The lowest BCUT2D eigenvalue weighted by molar-refractivity contribution is -0.157. The number of ether oxygens (including phenoxy) is 6. The van der Waals surface area contributed by atoms with Crippen LogP contribution in [0.2, 0.25) is 0 Å². The van der Waals surface area contributed by atoms with Crippen molar-refractivity contribution in [2.24, 2.45) is 0 Å². The van der Waals surface area contributed by atoms with Crippen LogP contribution in [0.15, 0.2) is 60.9 Å². The number of carboxylic acid groups (broad SMARTS) is 1. The third-order valence-electron chi connectivity index (χ3n) is 5.50. The van der Waals surface area contributed by atoms with Gasteiger partial charge >= 0.3 is 29.8 Å². The summed E-state index contributed by atoms with van der Waals surface area (Å²) in [5, 5.41) is 12.4. The van der Waals surface area contributed by atoms with Crippen LogP contribution in [0.25, 0.3) is 0 Å². The Morgan fingerprint density at radius 2 is 1.14 bits per heavy atom. The molecular weight excluding hydrogens is 584 g/mol. The number of nitrogens with one attached hydrogen (secondary N) is 1. The molecule has 2 N–H and O–H groups in total. The van der Waals surface area contributed by atoms with Gasteiger partial charge in [-0.25, -0.2) is 14.4 Å². The molecule has 0 fully saturated rings. The van der Waals surface area contributed by atoms with E-state index in [1.165, 1.54) is 56.9 Å². The monoisotopic (exact) mass is 610 g/mol. The van der Waals surface area contributed by atoms with Gasteiger partial charge in [-0.1, -0.05) is 0 Å². The van der Waals surface area contributed by atoms with Crippen LogP contribution in [0.4, 0.5) is 5.69 Å². The maximum absolute atomic E-state index is 13.3. The summed E-state index contributed by atoms with van der Waals surface area (Å²) in [5.41, 5.74) is -0.296. The van der Waals surface area contributed by atoms with Crippen LogP contribution in [0, 0.1) is 0 Å². The highest BCUT2D eigenvalue weighted by atomic mass is 16.6. The number of carbonyl (C=O) groups is 6.